The van der Waals surface area contributed by atoms with Crippen LogP contribution < -0.4 is 10.2 Å². The zero-order valence-electron chi connectivity index (χ0n) is 14.4. The average Bonchev–Trinajstić information content (AvgIpc) is 3.07. The summed E-state index contributed by atoms with van der Waals surface area (Å²) in [6.07, 6.45) is 1.50. The fraction of sp³-hybridized carbons (Fsp3) is 0.300. The quantitative estimate of drug-likeness (QED) is 0.725. The fourth-order valence-corrected chi connectivity index (χ4v) is 3.89. The minimum absolute atomic E-state index is 0.0901. The van der Waals surface area contributed by atoms with Crippen molar-refractivity contribution in [3.63, 3.8) is 0 Å². The maximum atomic E-state index is 12.2. The van der Waals surface area contributed by atoms with Gasteiger partial charge in [0.2, 0.25) is 5.91 Å². The Morgan fingerprint density at radius 3 is 2.69 bits per heavy atom. The molecule has 1 saturated heterocycles. The SMILES string of the molecule is O=C(NCCSCc1cccc(Cl)c1)c1ccc(N2CCCC2=O)cc1. The van der Waals surface area contributed by atoms with Crippen molar-refractivity contribution in [2.45, 2.75) is 18.6 Å². The molecular formula is C20H21ClN2O2S. The summed E-state index contributed by atoms with van der Waals surface area (Å²) in [6, 6.07) is 15.0. The lowest BCUT2D eigenvalue weighted by molar-refractivity contribution is -0.117. The van der Waals surface area contributed by atoms with E-state index >= 15 is 0 Å². The van der Waals surface area contributed by atoms with Crippen LogP contribution in [0.1, 0.15) is 28.8 Å². The first-order valence-electron chi connectivity index (χ1n) is 8.64. The number of anilines is 1. The first-order valence-corrected chi connectivity index (χ1v) is 10.2. The Kier molecular flexibility index (Phi) is 6.58. The summed E-state index contributed by atoms with van der Waals surface area (Å²) >= 11 is 7.72. The number of nitrogens with one attached hydrogen (secondary N) is 1. The molecule has 4 nitrogen and oxygen atoms in total. The van der Waals surface area contributed by atoms with Crippen LogP contribution in [0.5, 0.6) is 0 Å². The molecule has 2 amide bonds. The van der Waals surface area contributed by atoms with E-state index in [-0.39, 0.29) is 11.8 Å². The first kappa shape index (κ1) is 18.8. The molecule has 26 heavy (non-hydrogen) atoms. The highest BCUT2D eigenvalue weighted by molar-refractivity contribution is 7.98. The van der Waals surface area contributed by atoms with E-state index in [0.717, 1.165) is 35.2 Å². The van der Waals surface area contributed by atoms with E-state index < -0.39 is 0 Å². The third-order valence-electron chi connectivity index (χ3n) is 4.20. The number of hydrogen-bond donors (Lipinski definition) is 1. The molecule has 0 bridgehead atoms. The summed E-state index contributed by atoms with van der Waals surface area (Å²) < 4.78 is 0. The second-order valence-corrected chi connectivity index (χ2v) is 7.68. The Bertz CT molecular complexity index is 780. The molecule has 2 aromatic carbocycles. The second-order valence-electron chi connectivity index (χ2n) is 6.13. The molecule has 1 aliphatic heterocycles. The average molecular weight is 389 g/mol. The van der Waals surface area contributed by atoms with Crippen LogP contribution in [0, 0.1) is 0 Å². The van der Waals surface area contributed by atoms with Crippen LogP contribution in [-0.4, -0.2) is 30.7 Å². The van der Waals surface area contributed by atoms with E-state index in [1.54, 1.807) is 28.8 Å². The number of carbonyl (C=O) groups excluding carboxylic acids is 2. The van der Waals surface area contributed by atoms with Gasteiger partial charge in [-0.05, 0) is 48.4 Å². The van der Waals surface area contributed by atoms with Crippen LogP contribution in [0.2, 0.25) is 5.02 Å². The lowest BCUT2D eigenvalue weighted by Gasteiger charge is -2.15. The molecule has 0 spiro atoms. The predicted octanol–water partition coefficient (Wildman–Crippen LogP) is 4.13. The van der Waals surface area contributed by atoms with Gasteiger partial charge in [-0.2, -0.15) is 11.8 Å². The third kappa shape index (κ3) is 5.02. The summed E-state index contributed by atoms with van der Waals surface area (Å²) in [7, 11) is 0. The van der Waals surface area contributed by atoms with Crippen LogP contribution >= 0.6 is 23.4 Å². The smallest absolute Gasteiger partial charge is 0.251 e. The minimum Gasteiger partial charge on any atom is -0.351 e. The summed E-state index contributed by atoms with van der Waals surface area (Å²) in [5.41, 5.74) is 2.65. The lowest BCUT2D eigenvalue weighted by atomic mass is 10.2. The van der Waals surface area contributed by atoms with Crippen molar-refractivity contribution in [2.75, 3.05) is 23.7 Å². The number of carbonyl (C=O) groups is 2. The molecule has 1 N–H and O–H groups in total. The zero-order valence-corrected chi connectivity index (χ0v) is 16.0. The van der Waals surface area contributed by atoms with Gasteiger partial charge in [-0.25, -0.2) is 0 Å². The van der Waals surface area contributed by atoms with E-state index in [2.05, 4.69) is 5.32 Å². The van der Waals surface area contributed by atoms with Gasteiger partial charge in [0.15, 0.2) is 0 Å². The van der Waals surface area contributed by atoms with Crippen molar-refractivity contribution in [2.24, 2.45) is 0 Å². The highest BCUT2D eigenvalue weighted by Crippen LogP contribution is 2.21. The number of rotatable bonds is 7. The summed E-state index contributed by atoms with van der Waals surface area (Å²) in [5.74, 6) is 1.76. The molecule has 136 valence electrons. The molecular weight excluding hydrogens is 368 g/mol. The topological polar surface area (TPSA) is 49.4 Å². The number of thioether (sulfide) groups is 1. The largest absolute Gasteiger partial charge is 0.351 e. The van der Waals surface area contributed by atoms with Crippen molar-refractivity contribution >= 4 is 40.9 Å². The molecule has 0 saturated carbocycles. The molecule has 2 aromatic rings. The normalized spacial score (nSPS) is 13.9. The standard InChI is InChI=1S/C20H21ClN2O2S/c21-17-4-1-3-15(13-17)14-26-12-10-22-20(25)16-6-8-18(9-7-16)23-11-2-5-19(23)24/h1,3-4,6-9,13H,2,5,10-12,14H2,(H,22,25). The van der Waals surface area contributed by atoms with Crippen molar-refractivity contribution in [3.8, 4) is 0 Å². The fourth-order valence-electron chi connectivity index (χ4n) is 2.87. The Hall–Kier alpha value is -1.98. The molecule has 6 heteroatoms. The highest BCUT2D eigenvalue weighted by Gasteiger charge is 2.21. The lowest BCUT2D eigenvalue weighted by Crippen LogP contribution is -2.26. The molecule has 0 radical (unpaired) electrons. The van der Waals surface area contributed by atoms with E-state index in [9.17, 15) is 9.59 Å². The van der Waals surface area contributed by atoms with E-state index in [1.165, 1.54) is 5.56 Å². The Balaban J connectivity index is 1.41. The van der Waals surface area contributed by atoms with Crippen LogP contribution in [0.15, 0.2) is 48.5 Å². The maximum Gasteiger partial charge on any atom is 0.251 e. The Labute approximate surface area is 162 Å². The minimum atomic E-state index is -0.0901. The second kappa shape index (κ2) is 9.10. The van der Waals surface area contributed by atoms with Gasteiger partial charge < -0.3 is 10.2 Å². The summed E-state index contributed by atoms with van der Waals surface area (Å²) in [4.78, 5) is 25.7. The molecule has 1 fully saturated rings. The molecule has 0 unspecified atom stereocenters. The van der Waals surface area contributed by atoms with Gasteiger partial charge in [0.05, 0.1) is 0 Å². The van der Waals surface area contributed by atoms with Gasteiger partial charge >= 0.3 is 0 Å². The van der Waals surface area contributed by atoms with Gasteiger partial charge in [0.1, 0.15) is 0 Å². The van der Waals surface area contributed by atoms with Gasteiger partial charge in [-0.3, -0.25) is 9.59 Å². The number of hydrogen-bond acceptors (Lipinski definition) is 3. The molecule has 1 aliphatic rings. The first-order chi connectivity index (χ1) is 12.6. The number of halogens is 1. The maximum absolute atomic E-state index is 12.2. The molecule has 0 aromatic heterocycles. The van der Waals surface area contributed by atoms with Gasteiger partial charge in [-0.15, -0.1) is 0 Å². The molecule has 0 atom stereocenters. The Morgan fingerprint density at radius 1 is 1.19 bits per heavy atom. The third-order valence-corrected chi connectivity index (χ3v) is 5.47. The summed E-state index contributed by atoms with van der Waals surface area (Å²) in [5, 5.41) is 3.67. The monoisotopic (exact) mass is 388 g/mol. The zero-order chi connectivity index (χ0) is 18.4. The van der Waals surface area contributed by atoms with Gasteiger partial charge in [0.25, 0.3) is 5.91 Å². The molecule has 0 aliphatic carbocycles. The summed E-state index contributed by atoms with van der Waals surface area (Å²) in [6.45, 7) is 1.37. The van der Waals surface area contributed by atoms with E-state index in [1.807, 2.05) is 36.4 Å². The number of amides is 2. The molecule has 3 rings (SSSR count). The predicted molar refractivity (Wildman–Crippen MR) is 108 cm³/mol. The van der Waals surface area contributed by atoms with Crippen LogP contribution in [0.3, 0.4) is 0 Å². The van der Waals surface area contributed by atoms with Crippen molar-refractivity contribution < 1.29 is 9.59 Å². The highest BCUT2D eigenvalue weighted by atomic mass is 35.5. The Morgan fingerprint density at radius 2 is 2.00 bits per heavy atom. The van der Waals surface area contributed by atoms with Crippen molar-refractivity contribution in [3.05, 3.63) is 64.7 Å². The van der Waals surface area contributed by atoms with Crippen molar-refractivity contribution in [1.29, 1.82) is 0 Å². The van der Waals surface area contributed by atoms with Crippen LogP contribution in [-0.2, 0) is 10.5 Å². The molecule has 1 heterocycles. The number of benzene rings is 2. The van der Waals surface area contributed by atoms with Crippen LogP contribution in [0.4, 0.5) is 5.69 Å². The van der Waals surface area contributed by atoms with Gasteiger partial charge in [0, 0.05) is 47.3 Å². The van der Waals surface area contributed by atoms with Crippen molar-refractivity contribution in [1.82, 2.24) is 5.32 Å². The van der Waals surface area contributed by atoms with Crippen LogP contribution in [0.25, 0.3) is 0 Å². The van der Waals surface area contributed by atoms with Gasteiger partial charge in [-0.1, -0.05) is 23.7 Å². The van der Waals surface area contributed by atoms with E-state index in [0.29, 0.717) is 18.5 Å². The van der Waals surface area contributed by atoms with E-state index in [4.69, 9.17) is 11.6 Å². The number of nitrogens with zero attached hydrogens (tertiary/aromatic N) is 1.